The van der Waals surface area contributed by atoms with E-state index in [2.05, 4.69) is 10.6 Å². The first-order valence-electron chi connectivity index (χ1n) is 9.54. The second-order valence-electron chi connectivity index (χ2n) is 7.29. The van der Waals surface area contributed by atoms with Crippen LogP contribution in [0.2, 0.25) is 0 Å². The fourth-order valence-corrected chi connectivity index (χ4v) is 4.18. The van der Waals surface area contributed by atoms with E-state index in [9.17, 15) is 19.2 Å². The van der Waals surface area contributed by atoms with Gasteiger partial charge in [-0.3, -0.25) is 24.0 Å². The lowest BCUT2D eigenvalue weighted by Gasteiger charge is -2.37. The Balaban J connectivity index is 1.43. The number of carbonyl (C=O) groups is 3. The molecular weight excluding hydrogens is 362 g/mol. The van der Waals surface area contributed by atoms with Crippen molar-refractivity contribution in [2.24, 2.45) is 0 Å². The fourth-order valence-electron chi connectivity index (χ4n) is 4.18. The number of piperidine rings is 1. The Morgan fingerprint density at radius 3 is 2.29 bits per heavy atom. The monoisotopic (exact) mass is 385 g/mol. The smallest absolute Gasteiger partial charge is 0.329 e. The summed E-state index contributed by atoms with van der Waals surface area (Å²) in [6.07, 6.45) is 1.000. The molecule has 4 rings (SSSR count). The predicted molar refractivity (Wildman–Crippen MR) is 102 cm³/mol. The molecule has 1 aromatic heterocycles. The van der Waals surface area contributed by atoms with Gasteiger partial charge in [-0.05, 0) is 31.9 Å². The molecule has 0 saturated carbocycles. The Morgan fingerprint density at radius 1 is 1.07 bits per heavy atom. The summed E-state index contributed by atoms with van der Waals surface area (Å²) >= 11 is 0. The number of amides is 4. The van der Waals surface area contributed by atoms with E-state index in [1.54, 1.807) is 14.0 Å². The molecule has 4 amide bonds. The average molecular weight is 385 g/mol. The molecule has 0 bridgehead atoms. The van der Waals surface area contributed by atoms with Crippen LogP contribution in [0.1, 0.15) is 26.2 Å². The molecule has 28 heavy (non-hydrogen) atoms. The van der Waals surface area contributed by atoms with Gasteiger partial charge in [0.1, 0.15) is 5.54 Å². The number of likely N-dealkylation sites (tertiary alicyclic amines) is 1. The summed E-state index contributed by atoms with van der Waals surface area (Å²) in [6.45, 7) is 3.60. The van der Waals surface area contributed by atoms with Crippen molar-refractivity contribution in [3.05, 3.63) is 34.7 Å². The molecule has 2 aliphatic heterocycles. The second-order valence-corrected chi connectivity index (χ2v) is 7.29. The minimum atomic E-state index is -0.890. The van der Waals surface area contributed by atoms with Crippen molar-refractivity contribution in [1.82, 2.24) is 24.7 Å². The van der Waals surface area contributed by atoms with Gasteiger partial charge in [-0.2, -0.15) is 0 Å². The minimum absolute atomic E-state index is 0.0557. The van der Waals surface area contributed by atoms with E-state index in [1.807, 2.05) is 31.2 Å². The Labute approximate surface area is 161 Å². The lowest BCUT2D eigenvalue weighted by Crippen LogP contribution is -2.55. The predicted octanol–water partition coefficient (Wildman–Crippen LogP) is 0.414. The maximum Gasteiger partial charge on any atom is 0.329 e. The Morgan fingerprint density at radius 2 is 1.71 bits per heavy atom. The number of nitrogens with one attached hydrogen (secondary N) is 2. The highest BCUT2D eigenvalue weighted by Gasteiger charge is 2.48. The third-order valence-corrected chi connectivity index (χ3v) is 5.77. The summed E-state index contributed by atoms with van der Waals surface area (Å²) in [5.41, 5.74) is 0.689. The lowest BCUT2D eigenvalue weighted by atomic mass is 9.87. The van der Waals surface area contributed by atoms with Crippen molar-refractivity contribution in [1.29, 1.82) is 0 Å². The number of rotatable bonds is 4. The molecule has 9 heteroatoms. The fraction of sp³-hybridized carbons (Fsp3) is 0.474. The van der Waals surface area contributed by atoms with Crippen LogP contribution in [0.25, 0.3) is 11.0 Å². The zero-order valence-corrected chi connectivity index (χ0v) is 15.7. The van der Waals surface area contributed by atoms with E-state index < -0.39 is 11.6 Å². The van der Waals surface area contributed by atoms with E-state index in [-0.39, 0.29) is 23.9 Å². The van der Waals surface area contributed by atoms with Crippen LogP contribution in [0.15, 0.2) is 29.1 Å². The SMILES string of the molecule is CCn1c(=O)n(CCC(=O)N2CCC3(CC2)NC(=O)NC3=O)c2ccccc21. The molecule has 1 aromatic carbocycles. The first-order chi connectivity index (χ1) is 13.4. The highest BCUT2D eigenvalue weighted by atomic mass is 16.2. The van der Waals surface area contributed by atoms with Crippen LogP contribution in [0, 0.1) is 0 Å². The van der Waals surface area contributed by atoms with Gasteiger partial charge in [0.25, 0.3) is 5.91 Å². The summed E-state index contributed by atoms with van der Waals surface area (Å²) < 4.78 is 3.35. The van der Waals surface area contributed by atoms with Crippen LogP contribution in [0.5, 0.6) is 0 Å². The third kappa shape index (κ3) is 2.87. The van der Waals surface area contributed by atoms with Crippen LogP contribution in [-0.4, -0.2) is 50.5 Å². The van der Waals surface area contributed by atoms with Gasteiger partial charge in [-0.15, -0.1) is 0 Å². The zero-order valence-electron chi connectivity index (χ0n) is 15.7. The molecular formula is C19H23N5O4. The van der Waals surface area contributed by atoms with E-state index in [0.717, 1.165) is 11.0 Å². The molecule has 1 spiro atoms. The Bertz CT molecular complexity index is 1010. The third-order valence-electron chi connectivity index (χ3n) is 5.77. The van der Waals surface area contributed by atoms with Crippen LogP contribution < -0.4 is 16.3 Å². The highest BCUT2D eigenvalue weighted by molar-refractivity contribution is 6.07. The zero-order chi connectivity index (χ0) is 19.9. The molecule has 148 valence electrons. The number of benzene rings is 1. The first kappa shape index (κ1) is 18.3. The Hall–Kier alpha value is -3.10. The van der Waals surface area contributed by atoms with Crippen LogP contribution in [-0.2, 0) is 22.7 Å². The number of nitrogens with zero attached hydrogens (tertiary/aromatic N) is 3. The van der Waals surface area contributed by atoms with Crippen LogP contribution in [0.3, 0.4) is 0 Å². The van der Waals surface area contributed by atoms with Gasteiger partial charge in [-0.1, -0.05) is 12.1 Å². The highest BCUT2D eigenvalue weighted by Crippen LogP contribution is 2.26. The van der Waals surface area contributed by atoms with Crippen molar-refractivity contribution in [3.8, 4) is 0 Å². The Kier molecular flexibility index (Phi) is 4.44. The number of hydrogen-bond acceptors (Lipinski definition) is 4. The van der Waals surface area contributed by atoms with Gasteiger partial charge < -0.3 is 10.2 Å². The molecule has 0 atom stereocenters. The van der Waals surface area contributed by atoms with Crippen LogP contribution >= 0.6 is 0 Å². The molecule has 9 nitrogen and oxygen atoms in total. The van der Waals surface area contributed by atoms with Gasteiger partial charge >= 0.3 is 11.7 Å². The molecule has 2 saturated heterocycles. The largest absolute Gasteiger partial charge is 0.342 e. The summed E-state index contributed by atoms with van der Waals surface area (Å²) in [4.78, 5) is 50.4. The second kappa shape index (κ2) is 6.81. The van der Waals surface area contributed by atoms with Gasteiger partial charge in [0, 0.05) is 32.6 Å². The van der Waals surface area contributed by atoms with Crippen LogP contribution in [0.4, 0.5) is 4.79 Å². The van der Waals surface area contributed by atoms with Gasteiger partial charge in [0.15, 0.2) is 0 Å². The number of carbonyl (C=O) groups excluding carboxylic acids is 3. The minimum Gasteiger partial charge on any atom is -0.342 e. The van der Waals surface area contributed by atoms with E-state index in [0.29, 0.717) is 39.0 Å². The standard InChI is InChI=1S/C19H23N5O4/c1-2-23-13-5-3-4-6-14(13)24(18(23)28)10-7-15(25)22-11-8-19(9-12-22)16(26)20-17(27)21-19/h3-6H,2,7-12H2,1H3,(H2,20,21,26,27). The first-order valence-corrected chi connectivity index (χ1v) is 9.54. The normalized spacial score (nSPS) is 18.5. The lowest BCUT2D eigenvalue weighted by molar-refractivity contribution is -0.136. The number of para-hydroxylation sites is 2. The quantitative estimate of drug-likeness (QED) is 0.744. The van der Waals surface area contributed by atoms with Crippen molar-refractivity contribution < 1.29 is 14.4 Å². The maximum atomic E-state index is 12.7. The molecule has 2 aromatic rings. The van der Waals surface area contributed by atoms with E-state index in [1.165, 1.54) is 0 Å². The van der Waals surface area contributed by atoms with Crippen molar-refractivity contribution in [3.63, 3.8) is 0 Å². The van der Waals surface area contributed by atoms with Gasteiger partial charge in [-0.25, -0.2) is 9.59 Å². The molecule has 2 aliphatic rings. The number of fused-ring (bicyclic) bond motifs is 1. The molecule has 2 fully saturated rings. The molecule has 0 unspecified atom stereocenters. The average Bonchev–Trinajstić information content (AvgIpc) is 3.12. The van der Waals surface area contributed by atoms with E-state index >= 15 is 0 Å². The van der Waals surface area contributed by atoms with E-state index in [4.69, 9.17) is 0 Å². The van der Waals surface area contributed by atoms with Crippen molar-refractivity contribution >= 4 is 28.9 Å². The van der Waals surface area contributed by atoms with Gasteiger partial charge in [0.2, 0.25) is 5.91 Å². The number of imidazole rings is 1. The molecule has 2 N–H and O–H groups in total. The number of urea groups is 1. The summed E-state index contributed by atoms with van der Waals surface area (Å²) in [5.74, 6) is -0.372. The summed E-state index contributed by atoms with van der Waals surface area (Å²) in [5, 5.41) is 4.95. The molecule has 3 heterocycles. The number of imide groups is 1. The number of aryl methyl sites for hydroxylation is 2. The topological polar surface area (TPSA) is 105 Å². The molecule has 0 aliphatic carbocycles. The summed E-state index contributed by atoms with van der Waals surface area (Å²) in [6, 6.07) is 7.09. The van der Waals surface area contributed by atoms with Gasteiger partial charge in [0.05, 0.1) is 11.0 Å². The van der Waals surface area contributed by atoms with Crippen molar-refractivity contribution in [2.75, 3.05) is 13.1 Å². The summed E-state index contributed by atoms with van der Waals surface area (Å²) in [7, 11) is 0. The number of aromatic nitrogens is 2. The number of hydrogen-bond donors (Lipinski definition) is 2. The molecule has 0 radical (unpaired) electrons. The maximum absolute atomic E-state index is 12.7. The van der Waals surface area contributed by atoms with Crippen molar-refractivity contribution in [2.45, 2.75) is 44.8 Å².